The van der Waals surface area contributed by atoms with Gasteiger partial charge in [0.15, 0.2) is 0 Å². The molecule has 0 unspecified atom stereocenters. The topological polar surface area (TPSA) is 113 Å². The second-order valence-corrected chi connectivity index (χ2v) is 7.18. The normalized spacial score (nSPS) is 25.8. The molecule has 0 aliphatic carbocycles. The lowest BCUT2D eigenvalue weighted by Gasteiger charge is -2.43. The van der Waals surface area contributed by atoms with Crippen molar-refractivity contribution in [2.24, 2.45) is 0 Å². The molecular weight excluding hydrogens is 393 g/mol. The summed E-state index contributed by atoms with van der Waals surface area (Å²) in [6.07, 6.45) is -7.51. The molecule has 1 fully saturated rings. The Labute approximate surface area is 166 Å². The minimum atomic E-state index is -4.52. The van der Waals surface area contributed by atoms with Crippen LogP contribution in [0.5, 0.6) is 0 Å². The van der Waals surface area contributed by atoms with Crippen LogP contribution in [0.2, 0.25) is 0 Å². The Morgan fingerprint density at radius 3 is 2.48 bits per heavy atom. The summed E-state index contributed by atoms with van der Waals surface area (Å²) in [5.74, 6) is -0.512. The Morgan fingerprint density at radius 1 is 1.14 bits per heavy atom. The summed E-state index contributed by atoms with van der Waals surface area (Å²) in [6.45, 7) is 0.404. The second kappa shape index (κ2) is 10.4. The minimum Gasteiger partial charge on any atom is -0.395 e. The molecule has 1 aliphatic heterocycles. The SMILES string of the molecule is O=C(Cc1ccccc1C(F)(F)F)NCCCCN1C[C@H](O)[C@@H](O)[C@H](O)[C@H]1CO. The van der Waals surface area contributed by atoms with Crippen molar-refractivity contribution < 1.29 is 38.4 Å². The second-order valence-electron chi connectivity index (χ2n) is 7.18. The van der Waals surface area contributed by atoms with Crippen LogP contribution in [0.1, 0.15) is 24.0 Å². The highest BCUT2D eigenvalue weighted by atomic mass is 19.4. The zero-order valence-electron chi connectivity index (χ0n) is 15.8. The van der Waals surface area contributed by atoms with Crippen molar-refractivity contribution in [3.8, 4) is 0 Å². The Hall–Kier alpha value is -1.72. The van der Waals surface area contributed by atoms with Gasteiger partial charge in [-0.2, -0.15) is 13.2 Å². The Kier molecular flexibility index (Phi) is 8.41. The number of carbonyl (C=O) groups is 1. The van der Waals surface area contributed by atoms with E-state index in [1.807, 2.05) is 0 Å². The summed E-state index contributed by atoms with van der Waals surface area (Å²) < 4.78 is 38.9. The highest BCUT2D eigenvalue weighted by Gasteiger charge is 2.40. The van der Waals surface area contributed by atoms with Crippen LogP contribution in [0.25, 0.3) is 0 Å². The molecule has 1 aromatic rings. The molecule has 164 valence electrons. The van der Waals surface area contributed by atoms with Crippen LogP contribution in [0.4, 0.5) is 13.2 Å². The molecule has 1 heterocycles. The third kappa shape index (κ3) is 6.38. The van der Waals surface area contributed by atoms with E-state index in [4.69, 9.17) is 0 Å². The lowest BCUT2D eigenvalue weighted by molar-refractivity contribution is -0.145. The lowest BCUT2D eigenvalue weighted by Crippen LogP contribution is -2.62. The minimum absolute atomic E-state index is 0.0851. The number of carbonyl (C=O) groups excluding carboxylic acids is 1. The number of hydrogen-bond acceptors (Lipinski definition) is 6. The summed E-state index contributed by atoms with van der Waals surface area (Å²) in [5.41, 5.74) is -0.910. The molecule has 1 aromatic carbocycles. The van der Waals surface area contributed by atoms with Gasteiger partial charge >= 0.3 is 6.18 Å². The van der Waals surface area contributed by atoms with Crippen LogP contribution in [0.3, 0.4) is 0 Å². The lowest BCUT2D eigenvalue weighted by atomic mass is 9.94. The number of amides is 1. The average molecular weight is 420 g/mol. The standard InChI is InChI=1S/C19H27F3N2O5/c20-19(21,22)13-6-2-1-5-12(13)9-16(27)23-7-3-4-8-24-10-15(26)18(29)17(28)14(24)11-25/h1-2,5-6,14-15,17-18,25-26,28-29H,3-4,7-11H2,(H,23,27)/t14-,15+,17-,18-/m1/s1. The molecule has 0 bridgehead atoms. The summed E-state index contributed by atoms with van der Waals surface area (Å²) in [4.78, 5) is 13.6. The van der Waals surface area contributed by atoms with Gasteiger partial charge in [-0.25, -0.2) is 0 Å². The van der Waals surface area contributed by atoms with Crippen LogP contribution in [0, 0.1) is 0 Å². The molecule has 0 spiro atoms. The Morgan fingerprint density at radius 2 is 1.83 bits per heavy atom. The monoisotopic (exact) mass is 420 g/mol. The fraction of sp³-hybridized carbons (Fsp3) is 0.632. The molecule has 2 rings (SSSR count). The summed E-state index contributed by atoms with van der Waals surface area (Å²) in [6, 6.07) is 4.25. The number of nitrogens with zero attached hydrogens (tertiary/aromatic N) is 1. The van der Waals surface area contributed by atoms with E-state index in [0.29, 0.717) is 19.4 Å². The predicted molar refractivity (Wildman–Crippen MR) is 97.9 cm³/mol. The Bertz CT molecular complexity index is 673. The van der Waals surface area contributed by atoms with Crippen molar-refractivity contribution in [2.75, 3.05) is 26.2 Å². The van der Waals surface area contributed by atoms with E-state index in [0.717, 1.165) is 6.07 Å². The first-order valence-corrected chi connectivity index (χ1v) is 9.46. The van der Waals surface area contributed by atoms with Crippen molar-refractivity contribution in [3.63, 3.8) is 0 Å². The van der Waals surface area contributed by atoms with Crippen molar-refractivity contribution in [2.45, 2.75) is 49.8 Å². The highest BCUT2D eigenvalue weighted by molar-refractivity contribution is 5.78. The molecule has 1 saturated heterocycles. The van der Waals surface area contributed by atoms with E-state index >= 15 is 0 Å². The van der Waals surface area contributed by atoms with Gasteiger partial charge in [0, 0.05) is 13.1 Å². The third-order valence-corrected chi connectivity index (χ3v) is 5.08. The maximum Gasteiger partial charge on any atom is 0.416 e. The molecule has 0 saturated carbocycles. The van der Waals surface area contributed by atoms with Gasteiger partial charge in [0.1, 0.15) is 12.2 Å². The van der Waals surface area contributed by atoms with Crippen molar-refractivity contribution >= 4 is 5.91 Å². The summed E-state index contributed by atoms with van der Waals surface area (Å²) in [7, 11) is 0. The number of β-amino-alcohol motifs (C(OH)–C–C–N with tert-alkyl or cyclic N) is 1. The van der Waals surface area contributed by atoms with Gasteiger partial charge in [0.25, 0.3) is 0 Å². The number of nitrogens with one attached hydrogen (secondary N) is 1. The maximum atomic E-state index is 13.0. The van der Waals surface area contributed by atoms with Gasteiger partial charge in [-0.1, -0.05) is 18.2 Å². The molecule has 5 N–H and O–H groups in total. The van der Waals surface area contributed by atoms with E-state index in [-0.39, 0.29) is 31.7 Å². The molecule has 1 aliphatic rings. The quantitative estimate of drug-likeness (QED) is 0.376. The number of benzene rings is 1. The van der Waals surface area contributed by atoms with Crippen molar-refractivity contribution in [1.29, 1.82) is 0 Å². The van der Waals surface area contributed by atoms with Gasteiger partial charge in [0.05, 0.1) is 30.7 Å². The summed E-state index contributed by atoms with van der Waals surface area (Å²) >= 11 is 0. The van der Waals surface area contributed by atoms with Gasteiger partial charge in [-0.3, -0.25) is 9.69 Å². The van der Waals surface area contributed by atoms with Crippen LogP contribution >= 0.6 is 0 Å². The highest BCUT2D eigenvalue weighted by Crippen LogP contribution is 2.32. The maximum absolute atomic E-state index is 13.0. The number of rotatable bonds is 8. The van der Waals surface area contributed by atoms with E-state index in [1.54, 1.807) is 4.90 Å². The van der Waals surface area contributed by atoms with Crippen molar-refractivity contribution in [1.82, 2.24) is 10.2 Å². The van der Waals surface area contributed by atoms with E-state index in [9.17, 15) is 38.4 Å². The molecule has 0 radical (unpaired) electrons. The largest absolute Gasteiger partial charge is 0.416 e. The Balaban J connectivity index is 1.75. The zero-order valence-corrected chi connectivity index (χ0v) is 15.8. The van der Waals surface area contributed by atoms with E-state index in [2.05, 4.69) is 5.32 Å². The molecule has 7 nitrogen and oxygen atoms in total. The fourth-order valence-electron chi connectivity index (χ4n) is 3.49. The van der Waals surface area contributed by atoms with E-state index < -0.39 is 42.0 Å². The molecule has 1 amide bonds. The van der Waals surface area contributed by atoms with Gasteiger partial charge in [0.2, 0.25) is 5.91 Å². The molecule has 29 heavy (non-hydrogen) atoms. The van der Waals surface area contributed by atoms with Crippen LogP contribution in [-0.2, 0) is 17.4 Å². The zero-order chi connectivity index (χ0) is 21.6. The number of hydrogen-bond donors (Lipinski definition) is 5. The number of aliphatic hydroxyl groups is 4. The number of unbranched alkanes of at least 4 members (excludes halogenated alkanes) is 1. The average Bonchev–Trinajstić information content (AvgIpc) is 2.65. The first-order valence-electron chi connectivity index (χ1n) is 9.46. The van der Waals surface area contributed by atoms with Crippen molar-refractivity contribution in [3.05, 3.63) is 35.4 Å². The summed E-state index contributed by atoms with van der Waals surface area (Å²) in [5, 5.41) is 41.3. The predicted octanol–water partition coefficient (Wildman–Crippen LogP) is -0.0965. The number of piperidine rings is 1. The molecule has 4 atom stereocenters. The smallest absolute Gasteiger partial charge is 0.395 e. The number of alkyl halides is 3. The van der Waals surface area contributed by atoms with Gasteiger partial charge in [-0.15, -0.1) is 0 Å². The number of aliphatic hydroxyl groups excluding tert-OH is 4. The fourth-order valence-corrected chi connectivity index (χ4v) is 3.49. The third-order valence-electron chi connectivity index (χ3n) is 5.08. The van der Waals surface area contributed by atoms with E-state index in [1.165, 1.54) is 18.2 Å². The van der Waals surface area contributed by atoms with Crippen LogP contribution in [0.15, 0.2) is 24.3 Å². The number of halogens is 3. The molecule has 0 aromatic heterocycles. The van der Waals surface area contributed by atoms with Crippen LogP contribution in [-0.4, -0.2) is 81.8 Å². The first-order chi connectivity index (χ1) is 13.6. The molecular formula is C19H27F3N2O5. The van der Waals surface area contributed by atoms with Crippen LogP contribution < -0.4 is 5.32 Å². The van der Waals surface area contributed by atoms with Gasteiger partial charge in [-0.05, 0) is 31.0 Å². The van der Waals surface area contributed by atoms with Gasteiger partial charge < -0.3 is 25.7 Å². The number of likely N-dealkylation sites (tertiary alicyclic amines) is 1. The molecule has 10 heteroatoms. The first kappa shape index (κ1) is 23.6.